The first kappa shape index (κ1) is 15.6. The highest BCUT2D eigenvalue weighted by Gasteiger charge is 2.28. The van der Waals surface area contributed by atoms with Gasteiger partial charge in [-0.2, -0.15) is 0 Å². The van der Waals surface area contributed by atoms with Gasteiger partial charge >= 0.3 is 0 Å². The summed E-state index contributed by atoms with van der Waals surface area (Å²) in [6.45, 7) is 2.80. The zero-order valence-corrected chi connectivity index (χ0v) is 12.7. The minimum Gasteiger partial charge on any atom is -0.481 e. The second kappa shape index (κ2) is 6.80. The average Bonchev–Trinajstić information content (AvgIpc) is 2.49. The Bertz CT molecular complexity index is 510. The van der Waals surface area contributed by atoms with Crippen LogP contribution in [0.25, 0.3) is 0 Å². The Kier molecular flexibility index (Phi) is 5.07. The number of nitrogens with zero attached hydrogens (tertiary/aromatic N) is 1. The molecule has 0 bridgehead atoms. The number of benzene rings is 1. The molecule has 6 heteroatoms. The van der Waals surface area contributed by atoms with E-state index in [-0.39, 0.29) is 17.7 Å². The number of halogens is 1. The van der Waals surface area contributed by atoms with Gasteiger partial charge in [0.2, 0.25) is 5.91 Å². The summed E-state index contributed by atoms with van der Waals surface area (Å²) in [4.78, 5) is 25.1. The predicted octanol–water partition coefficient (Wildman–Crippen LogP) is 1.83. The summed E-state index contributed by atoms with van der Waals surface area (Å²) in [6.07, 6.45) is 0.667. The van der Waals surface area contributed by atoms with Crippen LogP contribution in [0.3, 0.4) is 0 Å². The summed E-state index contributed by atoms with van der Waals surface area (Å²) in [5, 5.41) is 0.620. The van der Waals surface area contributed by atoms with E-state index in [1.807, 2.05) is 0 Å². The third-order valence-electron chi connectivity index (χ3n) is 3.68. The molecule has 5 nitrogen and oxygen atoms in total. The smallest absolute Gasteiger partial charge is 0.263 e. The first-order chi connectivity index (χ1) is 9.97. The minimum absolute atomic E-state index is 0.0760. The number of primary amides is 1. The lowest BCUT2D eigenvalue weighted by molar-refractivity contribution is -0.140. The van der Waals surface area contributed by atoms with E-state index in [2.05, 4.69) is 0 Å². The molecule has 0 saturated carbocycles. The number of likely N-dealkylation sites (tertiary alicyclic amines) is 1. The number of carbonyl (C=O) groups excluding carboxylic acids is 2. The normalized spacial score (nSPS) is 17.3. The van der Waals surface area contributed by atoms with Crippen LogP contribution in [-0.2, 0) is 9.59 Å². The van der Waals surface area contributed by atoms with Gasteiger partial charge in [0.15, 0.2) is 6.10 Å². The third kappa shape index (κ3) is 4.11. The molecule has 1 saturated heterocycles. The van der Waals surface area contributed by atoms with Crippen LogP contribution in [0, 0.1) is 5.92 Å². The second-order valence-corrected chi connectivity index (χ2v) is 5.65. The molecule has 0 spiro atoms. The molecular formula is C15H19ClN2O3. The Morgan fingerprint density at radius 3 is 2.38 bits per heavy atom. The molecule has 1 fully saturated rings. The summed E-state index contributed by atoms with van der Waals surface area (Å²) in [5.74, 6) is 0.120. The molecule has 1 aliphatic rings. The minimum atomic E-state index is -0.573. The summed E-state index contributed by atoms with van der Waals surface area (Å²) >= 11 is 5.80. The van der Waals surface area contributed by atoms with Crippen LogP contribution in [-0.4, -0.2) is 35.9 Å². The molecule has 1 aliphatic heterocycles. The largest absolute Gasteiger partial charge is 0.481 e. The van der Waals surface area contributed by atoms with Gasteiger partial charge in [-0.1, -0.05) is 11.6 Å². The van der Waals surface area contributed by atoms with Crippen molar-refractivity contribution in [3.05, 3.63) is 29.3 Å². The van der Waals surface area contributed by atoms with Gasteiger partial charge in [-0.15, -0.1) is 0 Å². The molecular weight excluding hydrogens is 292 g/mol. The van der Waals surface area contributed by atoms with Crippen LogP contribution in [0.2, 0.25) is 5.02 Å². The Morgan fingerprint density at radius 1 is 1.29 bits per heavy atom. The Labute approximate surface area is 129 Å². The predicted molar refractivity (Wildman–Crippen MR) is 80.0 cm³/mol. The lowest BCUT2D eigenvalue weighted by atomic mass is 9.96. The number of amides is 2. The summed E-state index contributed by atoms with van der Waals surface area (Å²) in [6, 6.07) is 6.88. The number of carbonyl (C=O) groups is 2. The number of piperidine rings is 1. The van der Waals surface area contributed by atoms with Crippen molar-refractivity contribution in [3.8, 4) is 5.75 Å². The molecule has 0 aliphatic carbocycles. The summed E-state index contributed by atoms with van der Waals surface area (Å²) in [5.41, 5.74) is 5.29. The van der Waals surface area contributed by atoms with Gasteiger partial charge in [-0.25, -0.2) is 0 Å². The van der Waals surface area contributed by atoms with Gasteiger partial charge in [0.05, 0.1) is 0 Å². The van der Waals surface area contributed by atoms with Gasteiger partial charge in [0, 0.05) is 24.0 Å². The zero-order chi connectivity index (χ0) is 15.4. The van der Waals surface area contributed by atoms with E-state index in [0.29, 0.717) is 36.7 Å². The Morgan fingerprint density at radius 2 is 1.86 bits per heavy atom. The molecule has 1 atom stereocenters. The Balaban J connectivity index is 1.88. The summed E-state index contributed by atoms with van der Waals surface area (Å²) in [7, 11) is 0. The van der Waals surface area contributed by atoms with Crippen LogP contribution < -0.4 is 10.5 Å². The van der Waals surface area contributed by atoms with Crippen LogP contribution >= 0.6 is 11.6 Å². The van der Waals surface area contributed by atoms with E-state index in [1.54, 1.807) is 36.1 Å². The monoisotopic (exact) mass is 310 g/mol. The van der Waals surface area contributed by atoms with Crippen molar-refractivity contribution in [2.75, 3.05) is 13.1 Å². The summed E-state index contributed by atoms with van der Waals surface area (Å²) < 4.78 is 5.62. The van der Waals surface area contributed by atoms with Crippen molar-refractivity contribution in [2.24, 2.45) is 11.7 Å². The van der Waals surface area contributed by atoms with E-state index in [9.17, 15) is 9.59 Å². The topological polar surface area (TPSA) is 72.6 Å². The van der Waals surface area contributed by atoms with Gasteiger partial charge in [0.25, 0.3) is 5.91 Å². The quantitative estimate of drug-likeness (QED) is 0.922. The van der Waals surface area contributed by atoms with Gasteiger partial charge < -0.3 is 15.4 Å². The molecule has 0 radical (unpaired) electrons. The number of hydrogen-bond donors (Lipinski definition) is 1. The number of rotatable bonds is 4. The molecule has 2 N–H and O–H groups in total. The van der Waals surface area contributed by atoms with Crippen molar-refractivity contribution in [2.45, 2.75) is 25.9 Å². The van der Waals surface area contributed by atoms with Crippen LogP contribution in [0.5, 0.6) is 5.75 Å². The SMILES string of the molecule is C[C@H](Oc1ccc(Cl)cc1)C(=O)N1CCC(C(N)=O)CC1. The molecule has 1 aromatic carbocycles. The zero-order valence-electron chi connectivity index (χ0n) is 11.9. The maximum atomic E-state index is 12.3. The first-order valence-electron chi connectivity index (χ1n) is 6.97. The molecule has 0 aromatic heterocycles. The maximum absolute atomic E-state index is 12.3. The molecule has 2 amide bonds. The molecule has 0 unspecified atom stereocenters. The van der Waals surface area contributed by atoms with Gasteiger partial charge in [-0.05, 0) is 44.0 Å². The molecule has 21 heavy (non-hydrogen) atoms. The standard InChI is InChI=1S/C15H19ClN2O3/c1-10(21-13-4-2-12(16)3-5-13)15(20)18-8-6-11(7-9-18)14(17)19/h2-5,10-11H,6-9H2,1H3,(H2,17,19)/t10-/m0/s1. The molecule has 1 aromatic rings. The molecule has 2 rings (SSSR count). The second-order valence-electron chi connectivity index (χ2n) is 5.22. The lowest BCUT2D eigenvalue weighted by Crippen LogP contribution is -2.46. The average molecular weight is 311 g/mol. The fourth-order valence-corrected chi connectivity index (χ4v) is 2.54. The van der Waals surface area contributed by atoms with Crippen molar-refractivity contribution >= 4 is 23.4 Å². The van der Waals surface area contributed by atoms with E-state index < -0.39 is 6.10 Å². The highest BCUT2D eigenvalue weighted by atomic mass is 35.5. The molecule has 114 valence electrons. The van der Waals surface area contributed by atoms with Crippen molar-refractivity contribution in [1.29, 1.82) is 0 Å². The van der Waals surface area contributed by atoms with Crippen molar-refractivity contribution in [3.63, 3.8) is 0 Å². The first-order valence-corrected chi connectivity index (χ1v) is 7.35. The molecule has 1 heterocycles. The van der Waals surface area contributed by atoms with E-state index >= 15 is 0 Å². The fourth-order valence-electron chi connectivity index (χ4n) is 2.41. The number of ether oxygens (including phenoxy) is 1. The highest BCUT2D eigenvalue weighted by molar-refractivity contribution is 6.30. The van der Waals surface area contributed by atoms with Crippen molar-refractivity contribution in [1.82, 2.24) is 4.90 Å². The van der Waals surface area contributed by atoms with Gasteiger partial charge in [0.1, 0.15) is 5.75 Å². The van der Waals surface area contributed by atoms with Crippen LogP contribution in [0.1, 0.15) is 19.8 Å². The van der Waals surface area contributed by atoms with Crippen molar-refractivity contribution < 1.29 is 14.3 Å². The number of nitrogens with two attached hydrogens (primary N) is 1. The third-order valence-corrected chi connectivity index (χ3v) is 3.94. The maximum Gasteiger partial charge on any atom is 0.263 e. The Hall–Kier alpha value is -1.75. The van der Waals surface area contributed by atoms with E-state index in [4.69, 9.17) is 22.1 Å². The lowest BCUT2D eigenvalue weighted by Gasteiger charge is -2.32. The van der Waals surface area contributed by atoms with Crippen LogP contribution in [0.4, 0.5) is 0 Å². The van der Waals surface area contributed by atoms with Gasteiger partial charge in [-0.3, -0.25) is 9.59 Å². The van der Waals surface area contributed by atoms with E-state index in [0.717, 1.165) is 0 Å². The van der Waals surface area contributed by atoms with E-state index in [1.165, 1.54) is 0 Å². The highest BCUT2D eigenvalue weighted by Crippen LogP contribution is 2.20. The number of hydrogen-bond acceptors (Lipinski definition) is 3. The fraction of sp³-hybridized carbons (Fsp3) is 0.467. The van der Waals surface area contributed by atoms with Crippen LogP contribution in [0.15, 0.2) is 24.3 Å².